The van der Waals surface area contributed by atoms with Gasteiger partial charge < -0.3 is 10.1 Å². The second-order valence-corrected chi connectivity index (χ2v) is 4.84. The van der Waals surface area contributed by atoms with Crippen LogP contribution in [0.2, 0.25) is 0 Å². The number of carbonyl (C=O) groups excluding carboxylic acids is 1. The summed E-state index contributed by atoms with van der Waals surface area (Å²) >= 11 is 3.35. The lowest BCUT2D eigenvalue weighted by molar-refractivity contribution is 0.102. The topological polar surface area (TPSA) is 38.3 Å². The standard InChI is InChI=1S/C15H14BrNO2/c1-2-19-14-8-6-13(7-9-14)17-15(18)11-4-3-5-12(16)10-11/h3-10H,2H2,1H3,(H,17,18). The molecular formula is C15H14BrNO2. The van der Waals surface area contributed by atoms with E-state index in [-0.39, 0.29) is 5.91 Å². The van der Waals surface area contributed by atoms with Crippen LogP contribution in [0.1, 0.15) is 17.3 Å². The van der Waals surface area contributed by atoms with E-state index >= 15 is 0 Å². The fourth-order valence-corrected chi connectivity index (χ4v) is 2.03. The third-order valence-corrected chi connectivity index (χ3v) is 3.00. The second-order valence-electron chi connectivity index (χ2n) is 3.92. The molecule has 2 aromatic rings. The fraction of sp³-hybridized carbons (Fsp3) is 0.133. The maximum Gasteiger partial charge on any atom is 0.255 e. The van der Waals surface area contributed by atoms with E-state index in [0.717, 1.165) is 15.9 Å². The van der Waals surface area contributed by atoms with Crippen molar-refractivity contribution in [2.24, 2.45) is 0 Å². The number of nitrogens with one attached hydrogen (secondary N) is 1. The molecule has 0 atom stereocenters. The van der Waals surface area contributed by atoms with Gasteiger partial charge in [-0.3, -0.25) is 4.79 Å². The first kappa shape index (κ1) is 13.6. The van der Waals surface area contributed by atoms with E-state index in [4.69, 9.17) is 4.74 Å². The van der Waals surface area contributed by atoms with Crippen molar-refractivity contribution >= 4 is 27.5 Å². The number of hydrogen-bond donors (Lipinski definition) is 1. The summed E-state index contributed by atoms with van der Waals surface area (Å²) in [5, 5.41) is 2.84. The first-order chi connectivity index (χ1) is 9.19. The predicted octanol–water partition coefficient (Wildman–Crippen LogP) is 4.10. The smallest absolute Gasteiger partial charge is 0.255 e. The molecule has 0 bridgehead atoms. The molecule has 0 spiro atoms. The summed E-state index contributed by atoms with van der Waals surface area (Å²) in [4.78, 5) is 12.0. The van der Waals surface area contributed by atoms with Crippen molar-refractivity contribution in [2.75, 3.05) is 11.9 Å². The molecular weight excluding hydrogens is 306 g/mol. The molecule has 0 unspecified atom stereocenters. The zero-order chi connectivity index (χ0) is 13.7. The van der Waals surface area contributed by atoms with Crippen LogP contribution in [0.3, 0.4) is 0 Å². The summed E-state index contributed by atoms with van der Waals surface area (Å²) in [5.41, 5.74) is 1.36. The van der Waals surface area contributed by atoms with Gasteiger partial charge in [0.25, 0.3) is 5.91 Å². The summed E-state index contributed by atoms with van der Waals surface area (Å²) in [6, 6.07) is 14.6. The minimum Gasteiger partial charge on any atom is -0.494 e. The van der Waals surface area contributed by atoms with Crippen molar-refractivity contribution in [1.29, 1.82) is 0 Å². The quantitative estimate of drug-likeness (QED) is 0.921. The first-order valence-corrected chi connectivity index (χ1v) is 6.78. The highest BCUT2D eigenvalue weighted by molar-refractivity contribution is 9.10. The van der Waals surface area contributed by atoms with Crippen LogP contribution in [0, 0.1) is 0 Å². The Morgan fingerprint density at radius 3 is 2.58 bits per heavy atom. The Kier molecular flexibility index (Phi) is 4.58. The van der Waals surface area contributed by atoms with Gasteiger partial charge in [-0.25, -0.2) is 0 Å². The lowest BCUT2D eigenvalue weighted by Gasteiger charge is -2.07. The zero-order valence-corrected chi connectivity index (χ0v) is 12.1. The molecule has 2 rings (SSSR count). The third-order valence-electron chi connectivity index (χ3n) is 2.51. The van der Waals surface area contributed by atoms with Gasteiger partial charge in [-0.05, 0) is 49.4 Å². The Hall–Kier alpha value is -1.81. The number of hydrogen-bond acceptors (Lipinski definition) is 2. The van der Waals surface area contributed by atoms with E-state index in [1.54, 1.807) is 12.1 Å². The van der Waals surface area contributed by atoms with Gasteiger partial charge in [-0.15, -0.1) is 0 Å². The molecule has 1 N–H and O–H groups in total. The van der Waals surface area contributed by atoms with Crippen molar-refractivity contribution in [3.05, 3.63) is 58.6 Å². The lowest BCUT2D eigenvalue weighted by Crippen LogP contribution is -2.11. The Balaban J connectivity index is 2.06. The lowest BCUT2D eigenvalue weighted by atomic mass is 10.2. The van der Waals surface area contributed by atoms with E-state index in [1.165, 1.54) is 0 Å². The van der Waals surface area contributed by atoms with Crippen LogP contribution in [-0.4, -0.2) is 12.5 Å². The molecule has 98 valence electrons. The molecule has 0 radical (unpaired) electrons. The Bertz CT molecular complexity index is 567. The van der Waals surface area contributed by atoms with Crippen LogP contribution in [0.5, 0.6) is 5.75 Å². The van der Waals surface area contributed by atoms with E-state index in [2.05, 4.69) is 21.2 Å². The van der Waals surface area contributed by atoms with E-state index in [1.807, 2.05) is 43.3 Å². The summed E-state index contributed by atoms with van der Waals surface area (Å²) in [7, 11) is 0. The number of rotatable bonds is 4. The zero-order valence-electron chi connectivity index (χ0n) is 10.5. The Labute approximate surface area is 120 Å². The van der Waals surface area contributed by atoms with E-state index in [0.29, 0.717) is 12.2 Å². The minimum atomic E-state index is -0.134. The van der Waals surface area contributed by atoms with E-state index < -0.39 is 0 Å². The average molecular weight is 320 g/mol. The van der Waals surface area contributed by atoms with Crippen LogP contribution in [0.4, 0.5) is 5.69 Å². The number of anilines is 1. The molecule has 1 amide bonds. The highest BCUT2D eigenvalue weighted by atomic mass is 79.9. The van der Waals surface area contributed by atoms with Crippen molar-refractivity contribution in [1.82, 2.24) is 0 Å². The third kappa shape index (κ3) is 3.83. The second kappa shape index (κ2) is 6.38. The first-order valence-electron chi connectivity index (χ1n) is 5.99. The highest BCUT2D eigenvalue weighted by Crippen LogP contribution is 2.17. The summed E-state index contributed by atoms with van der Waals surface area (Å²) < 4.78 is 6.23. The molecule has 0 aliphatic carbocycles. The summed E-state index contributed by atoms with van der Waals surface area (Å²) in [6.45, 7) is 2.56. The van der Waals surface area contributed by atoms with Crippen molar-refractivity contribution in [3.63, 3.8) is 0 Å². The number of halogens is 1. The summed E-state index contributed by atoms with van der Waals surface area (Å²) in [5.74, 6) is 0.661. The van der Waals surface area contributed by atoms with Crippen molar-refractivity contribution < 1.29 is 9.53 Å². The van der Waals surface area contributed by atoms with Gasteiger partial charge in [0, 0.05) is 15.7 Å². The van der Waals surface area contributed by atoms with Gasteiger partial charge in [0.15, 0.2) is 0 Å². The van der Waals surface area contributed by atoms with Crippen LogP contribution in [0.15, 0.2) is 53.0 Å². The molecule has 0 saturated carbocycles. The van der Waals surface area contributed by atoms with Gasteiger partial charge in [-0.1, -0.05) is 22.0 Å². The Morgan fingerprint density at radius 2 is 1.95 bits per heavy atom. The van der Waals surface area contributed by atoms with Crippen molar-refractivity contribution in [2.45, 2.75) is 6.92 Å². The van der Waals surface area contributed by atoms with Crippen LogP contribution < -0.4 is 10.1 Å². The van der Waals surface area contributed by atoms with Crippen molar-refractivity contribution in [3.8, 4) is 5.75 Å². The molecule has 0 aliphatic rings. The molecule has 0 aromatic heterocycles. The maximum atomic E-state index is 12.0. The van der Waals surface area contributed by atoms with Gasteiger partial charge >= 0.3 is 0 Å². The maximum absolute atomic E-state index is 12.0. The molecule has 4 heteroatoms. The molecule has 3 nitrogen and oxygen atoms in total. The molecule has 0 fully saturated rings. The average Bonchev–Trinajstić information content (AvgIpc) is 2.41. The van der Waals surface area contributed by atoms with Crippen LogP contribution in [0.25, 0.3) is 0 Å². The Morgan fingerprint density at radius 1 is 1.21 bits per heavy atom. The normalized spacial score (nSPS) is 10.0. The van der Waals surface area contributed by atoms with Gasteiger partial charge in [0.2, 0.25) is 0 Å². The number of carbonyl (C=O) groups is 1. The van der Waals surface area contributed by atoms with Crippen LogP contribution in [-0.2, 0) is 0 Å². The van der Waals surface area contributed by atoms with Crippen LogP contribution >= 0.6 is 15.9 Å². The van der Waals surface area contributed by atoms with Gasteiger partial charge in [-0.2, -0.15) is 0 Å². The molecule has 19 heavy (non-hydrogen) atoms. The minimum absolute atomic E-state index is 0.134. The number of amides is 1. The number of benzene rings is 2. The highest BCUT2D eigenvalue weighted by Gasteiger charge is 2.06. The number of ether oxygens (including phenoxy) is 1. The predicted molar refractivity (Wildman–Crippen MR) is 79.7 cm³/mol. The summed E-state index contributed by atoms with van der Waals surface area (Å²) in [6.07, 6.45) is 0. The molecule has 2 aromatic carbocycles. The molecule has 0 heterocycles. The molecule has 0 saturated heterocycles. The van der Waals surface area contributed by atoms with Gasteiger partial charge in [0.1, 0.15) is 5.75 Å². The SMILES string of the molecule is CCOc1ccc(NC(=O)c2cccc(Br)c2)cc1. The van der Waals surface area contributed by atoms with Gasteiger partial charge in [0.05, 0.1) is 6.61 Å². The largest absolute Gasteiger partial charge is 0.494 e. The monoisotopic (exact) mass is 319 g/mol. The fourth-order valence-electron chi connectivity index (χ4n) is 1.63. The van der Waals surface area contributed by atoms with E-state index in [9.17, 15) is 4.79 Å². The molecule has 0 aliphatic heterocycles.